The number of fused-ring (bicyclic) bond motifs is 1. The molecule has 2 aromatic carbocycles. The molecule has 1 fully saturated rings. The van der Waals surface area contributed by atoms with Crippen molar-refractivity contribution in [2.24, 2.45) is 0 Å². The van der Waals surface area contributed by atoms with Crippen molar-refractivity contribution < 1.29 is 19.1 Å². The minimum absolute atomic E-state index is 0.0783. The first kappa shape index (κ1) is 21.9. The summed E-state index contributed by atoms with van der Waals surface area (Å²) in [5, 5.41) is 4.15. The number of piperidine rings is 1. The second-order valence-corrected chi connectivity index (χ2v) is 8.28. The molecule has 1 amide bonds. The van der Waals surface area contributed by atoms with E-state index in [1.54, 1.807) is 19.2 Å². The fourth-order valence-corrected chi connectivity index (χ4v) is 4.38. The molecule has 0 bridgehead atoms. The fourth-order valence-electron chi connectivity index (χ4n) is 4.38. The van der Waals surface area contributed by atoms with Gasteiger partial charge in [0.15, 0.2) is 0 Å². The average molecular weight is 436 g/mol. The van der Waals surface area contributed by atoms with E-state index in [1.165, 1.54) is 18.1 Å². The van der Waals surface area contributed by atoms with Crippen LogP contribution < -0.4 is 10.1 Å². The van der Waals surface area contributed by atoms with Crippen molar-refractivity contribution in [3.8, 4) is 5.75 Å². The molecule has 1 saturated heterocycles. The van der Waals surface area contributed by atoms with Crippen molar-refractivity contribution >= 4 is 28.5 Å². The Bertz CT molecular complexity index is 1130. The van der Waals surface area contributed by atoms with Crippen LogP contribution in [0.1, 0.15) is 40.2 Å². The van der Waals surface area contributed by atoms with Crippen LogP contribution in [0.4, 0.5) is 5.69 Å². The third-order valence-corrected chi connectivity index (χ3v) is 6.25. The van der Waals surface area contributed by atoms with Gasteiger partial charge in [0.2, 0.25) is 5.91 Å². The molecule has 7 nitrogen and oxygen atoms in total. The molecular weight excluding hydrogens is 406 g/mol. The fraction of sp³-hybridized carbons (Fsp3) is 0.360. The maximum atomic E-state index is 12.7. The highest BCUT2D eigenvalue weighted by atomic mass is 16.5. The Hall–Kier alpha value is -3.32. The second-order valence-electron chi connectivity index (χ2n) is 8.28. The normalized spacial score (nSPS) is 15.0. The molecule has 2 heterocycles. The zero-order valence-corrected chi connectivity index (χ0v) is 18.7. The molecule has 7 heteroatoms. The summed E-state index contributed by atoms with van der Waals surface area (Å²) in [6, 6.07) is 11.3. The summed E-state index contributed by atoms with van der Waals surface area (Å²) < 4.78 is 10.2. The zero-order chi connectivity index (χ0) is 22.7. The molecule has 0 spiro atoms. The van der Waals surface area contributed by atoms with E-state index >= 15 is 0 Å². The van der Waals surface area contributed by atoms with Crippen LogP contribution in [0.2, 0.25) is 0 Å². The van der Waals surface area contributed by atoms with Crippen LogP contribution in [-0.2, 0) is 9.53 Å². The zero-order valence-electron chi connectivity index (χ0n) is 18.7. The third-order valence-electron chi connectivity index (χ3n) is 6.25. The van der Waals surface area contributed by atoms with Gasteiger partial charge in [-0.05, 0) is 80.2 Å². The lowest BCUT2D eigenvalue weighted by Crippen LogP contribution is -2.38. The van der Waals surface area contributed by atoms with Gasteiger partial charge in [-0.2, -0.15) is 0 Å². The Morgan fingerprint density at radius 2 is 1.91 bits per heavy atom. The highest BCUT2D eigenvalue weighted by molar-refractivity contribution is 5.96. The summed E-state index contributed by atoms with van der Waals surface area (Å²) in [7, 11) is 3.03. The number of benzene rings is 2. The second kappa shape index (κ2) is 9.44. The van der Waals surface area contributed by atoms with Crippen molar-refractivity contribution in [3.05, 3.63) is 59.3 Å². The van der Waals surface area contributed by atoms with Gasteiger partial charge in [-0.25, -0.2) is 4.79 Å². The van der Waals surface area contributed by atoms with E-state index in [9.17, 15) is 9.59 Å². The SMILES string of the molecule is COC(=O)c1ccc(C)c(NC(=O)CN2CCC(c3c[nH]c4ccc(OC)cc34)CC2)c1. The van der Waals surface area contributed by atoms with Gasteiger partial charge < -0.3 is 19.8 Å². The van der Waals surface area contributed by atoms with Crippen molar-refractivity contribution in [2.45, 2.75) is 25.7 Å². The summed E-state index contributed by atoms with van der Waals surface area (Å²) in [4.78, 5) is 30.0. The van der Waals surface area contributed by atoms with Crippen LogP contribution in [0.5, 0.6) is 5.75 Å². The van der Waals surface area contributed by atoms with E-state index in [1.807, 2.05) is 25.1 Å². The molecule has 32 heavy (non-hydrogen) atoms. The van der Waals surface area contributed by atoms with Gasteiger partial charge in [-0.3, -0.25) is 9.69 Å². The summed E-state index contributed by atoms with van der Waals surface area (Å²) in [5.41, 5.74) is 4.40. The standard InChI is InChI=1S/C25H29N3O4/c1-16-4-5-18(25(30)32-3)12-23(16)27-24(29)15-28-10-8-17(9-11-28)21-14-26-22-7-6-19(31-2)13-20(21)22/h4-7,12-14,17,26H,8-11,15H2,1-3H3,(H,27,29). The van der Waals surface area contributed by atoms with Gasteiger partial charge in [0.25, 0.3) is 0 Å². The first-order valence-corrected chi connectivity index (χ1v) is 10.8. The Labute approximate surface area is 187 Å². The number of rotatable bonds is 6. The summed E-state index contributed by atoms with van der Waals surface area (Å²) in [5.74, 6) is 0.816. The Kier molecular flexibility index (Phi) is 6.46. The molecule has 1 aliphatic heterocycles. The molecule has 4 rings (SSSR count). The minimum Gasteiger partial charge on any atom is -0.497 e. The smallest absolute Gasteiger partial charge is 0.337 e. The lowest BCUT2D eigenvalue weighted by molar-refractivity contribution is -0.117. The maximum absolute atomic E-state index is 12.7. The molecular formula is C25H29N3O4. The first-order valence-electron chi connectivity index (χ1n) is 10.8. The molecule has 2 N–H and O–H groups in total. The van der Waals surface area contributed by atoms with E-state index in [-0.39, 0.29) is 5.91 Å². The number of anilines is 1. The molecule has 0 saturated carbocycles. The lowest BCUT2D eigenvalue weighted by Gasteiger charge is -2.31. The number of aryl methyl sites for hydroxylation is 1. The monoisotopic (exact) mass is 435 g/mol. The number of esters is 1. The van der Waals surface area contributed by atoms with Crippen molar-refractivity contribution in [1.29, 1.82) is 0 Å². The molecule has 0 atom stereocenters. The third kappa shape index (κ3) is 4.62. The van der Waals surface area contributed by atoms with Crippen molar-refractivity contribution in [3.63, 3.8) is 0 Å². The summed E-state index contributed by atoms with van der Waals surface area (Å²) in [6.45, 7) is 3.94. The average Bonchev–Trinajstić information content (AvgIpc) is 3.23. The van der Waals surface area contributed by atoms with Crippen molar-refractivity contribution in [2.75, 3.05) is 39.2 Å². The number of amides is 1. The highest BCUT2D eigenvalue weighted by Crippen LogP contribution is 2.34. The number of aromatic nitrogens is 1. The molecule has 0 radical (unpaired) electrons. The van der Waals surface area contributed by atoms with Gasteiger partial charge in [0, 0.05) is 22.8 Å². The number of nitrogens with one attached hydrogen (secondary N) is 2. The molecule has 1 aliphatic rings. The number of methoxy groups -OCH3 is 2. The van der Waals surface area contributed by atoms with Crippen LogP contribution >= 0.6 is 0 Å². The number of nitrogens with zero attached hydrogens (tertiary/aromatic N) is 1. The van der Waals surface area contributed by atoms with Gasteiger partial charge in [-0.1, -0.05) is 6.07 Å². The largest absolute Gasteiger partial charge is 0.497 e. The number of hydrogen-bond donors (Lipinski definition) is 2. The van der Waals surface area contributed by atoms with Crippen LogP contribution in [0.15, 0.2) is 42.6 Å². The first-order chi connectivity index (χ1) is 15.5. The number of H-pyrrole nitrogens is 1. The molecule has 0 unspecified atom stereocenters. The number of hydrogen-bond acceptors (Lipinski definition) is 5. The topological polar surface area (TPSA) is 83.7 Å². The predicted octanol–water partition coefficient (Wildman–Crippen LogP) is 4.09. The Morgan fingerprint density at radius 1 is 1.12 bits per heavy atom. The van der Waals surface area contributed by atoms with Crippen molar-refractivity contribution in [1.82, 2.24) is 9.88 Å². The van der Waals surface area contributed by atoms with E-state index in [4.69, 9.17) is 9.47 Å². The number of carbonyl (C=O) groups is 2. The van der Waals surface area contributed by atoms with Crippen LogP contribution in [0.3, 0.4) is 0 Å². The molecule has 3 aromatic rings. The van der Waals surface area contributed by atoms with Crippen LogP contribution in [0, 0.1) is 6.92 Å². The maximum Gasteiger partial charge on any atom is 0.337 e. The van der Waals surface area contributed by atoms with E-state index in [2.05, 4.69) is 27.5 Å². The number of carbonyl (C=O) groups excluding carboxylic acids is 2. The van der Waals surface area contributed by atoms with Gasteiger partial charge in [-0.15, -0.1) is 0 Å². The molecule has 0 aliphatic carbocycles. The van der Waals surface area contributed by atoms with Gasteiger partial charge >= 0.3 is 5.97 Å². The summed E-state index contributed by atoms with van der Waals surface area (Å²) in [6.07, 6.45) is 4.09. The van der Waals surface area contributed by atoms with Gasteiger partial charge in [0.05, 0.1) is 26.3 Å². The predicted molar refractivity (Wildman–Crippen MR) is 124 cm³/mol. The van der Waals surface area contributed by atoms with E-state index in [0.717, 1.165) is 42.8 Å². The number of likely N-dealkylation sites (tertiary alicyclic amines) is 1. The number of aromatic amines is 1. The lowest BCUT2D eigenvalue weighted by atomic mass is 9.89. The summed E-state index contributed by atoms with van der Waals surface area (Å²) >= 11 is 0. The van der Waals surface area contributed by atoms with E-state index < -0.39 is 5.97 Å². The minimum atomic E-state index is -0.419. The van der Waals surface area contributed by atoms with E-state index in [0.29, 0.717) is 23.7 Å². The molecule has 168 valence electrons. The Balaban J connectivity index is 1.35. The van der Waals surface area contributed by atoms with Crippen LogP contribution in [0.25, 0.3) is 10.9 Å². The highest BCUT2D eigenvalue weighted by Gasteiger charge is 2.24. The Morgan fingerprint density at radius 3 is 2.62 bits per heavy atom. The molecule has 1 aromatic heterocycles. The number of ether oxygens (including phenoxy) is 2. The quantitative estimate of drug-likeness (QED) is 0.570. The van der Waals surface area contributed by atoms with Gasteiger partial charge in [0.1, 0.15) is 5.75 Å². The van der Waals surface area contributed by atoms with Crippen LogP contribution in [-0.4, -0.2) is 55.6 Å².